The molecule has 0 radical (unpaired) electrons. The Bertz CT molecular complexity index is 236. The molecule has 0 saturated heterocycles. The molecule has 1 aromatic carbocycles. The number of hydrogen-bond acceptors (Lipinski definition) is 2. The van der Waals surface area contributed by atoms with Crippen LogP contribution in [0.1, 0.15) is 6.92 Å². The van der Waals surface area contributed by atoms with E-state index in [9.17, 15) is 0 Å². The van der Waals surface area contributed by atoms with Gasteiger partial charge in [0.25, 0.3) is 0 Å². The highest BCUT2D eigenvalue weighted by Crippen LogP contribution is 2.20. The van der Waals surface area contributed by atoms with E-state index in [4.69, 9.17) is 17.3 Å². The molecule has 1 unspecified atom stereocenters. The molecule has 1 atom stereocenters. The van der Waals surface area contributed by atoms with Crippen LogP contribution in [0, 0.1) is 0 Å². The number of nitrogens with two attached hydrogens (primary N) is 1. The minimum absolute atomic E-state index is 0. The summed E-state index contributed by atoms with van der Waals surface area (Å²) in [7, 11) is 0. The van der Waals surface area contributed by atoms with E-state index in [1.165, 1.54) is 4.90 Å². The summed E-state index contributed by atoms with van der Waals surface area (Å²) in [6.07, 6.45) is 0. The molecule has 2 N–H and O–H groups in total. The van der Waals surface area contributed by atoms with Crippen LogP contribution in [0.2, 0.25) is 5.02 Å². The van der Waals surface area contributed by atoms with Gasteiger partial charge in [-0.3, -0.25) is 0 Å². The van der Waals surface area contributed by atoms with E-state index in [1.807, 2.05) is 31.2 Å². The largest absolute Gasteiger partial charge is 0.327 e. The Balaban J connectivity index is 0.00000144. The standard InChI is InChI=1S/C9H12ClNS.ClH/c1-7(11)6-12-9-4-2-8(10)3-5-9;/h2-5,7H,6,11H2,1H3;1H. The van der Waals surface area contributed by atoms with Crippen molar-refractivity contribution < 1.29 is 0 Å². The van der Waals surface area contributed by atoms with Gasteiger partial charge in [-0.25, -0.2) is 0 Å². The van der Waals surface area contributed by atoms with E-state index in [0.717, 1.165) is 10.8 Å². The summed E-state index contributed by atoms with van der Waals surface area (Å²) in [6, 6.07) is 8.05. The zero-order valence-electron chi connectivity index (χ0n) is 7.37. The van der Waals surface area contributed by atoms with Crippen LogP contribution in [0.3, 0.4) is 0 Å². The Hall–Kier alpha value is 0.110. The van der Waals surface area contributed by atoms with Gasteiger partial charge < -0.3 is 5.73 Å². The van der Waals surface area contributed by atoms with Crippen molar-refractivity contribution in [3.8, 4) is 0 Å². The second-order valence-electron chi connectivity index (χ2n) is 2.74. The van der Waals surface area contributed by atoms with Crippen LogP contribution in [0.4, 0.5) is 0 Å². The first-order valence-corrected chi connectivity index (χ1v) is 5.19. The second kappa shape index (κ2) is 6.55. The van der Waals surface area contributed by atoms with Gasteiger partial charge in [-0.05, 0) is 31.2 Å². The van der Waals surface area contributed by atoms with Crippen molar-refractivity contribution in [3.63, 3.8) is 0 Å². The van der Waals surface area contributed by atoms with Crippen molar-refractivity contribution in [2.24, 2.45) is 5.73 Å². The maximum Gasteiger partial charge on any atom is 0.0406 e. The molecule has 0 fully saturated rings. The molecule has 0 spiro atoms. The van der Waals surface area contributed by atoms with Crippen LogP contribution < -0.4 is 5.73 Å². The van der Waals surface area contributed by atoms with Gasteiger partial charge in [-0.2, -0.15) is 0 Å². The summed E-state index contributed by atoms with van der Waals surface area (Å²) >= 11 is 7.49. The normalized spacial score (nSPS) is 11.9. The Morgan fingerprint density at radius 2 is 1.92 bits per heavy atom. The van der Waals surface area contributed by atoms with E-state index >= 15 is 0 Å². The van der Waals surface area contributed by atoms with E-state index in [1.54, 1.807) is 11.8 Å². The number of hydrogen-bond donors (Lipinski definition) is 1. The Labute approximate surface area is 94.4 Å². The molecule has 4 heteroatoms. The SMILES string of the molecule is CC(N)CSc1ccc(Cl)cc1.Cl. The van der Waals surface area contributed by atoms with Crippen molar-refractivity contribution in [3.05, 3.63) is 29.3 Å². The molecule has 13 heavy (non-hydrogen) atoms. The monoisotopic (exact) mass is 237 g/mol. The van der Waals surface area contributed by atoms with Crippen molar-refractivity contribution in [2.75, 3.05) is 5.75 Å². The lowest BCUT2D eigenvalue weighted by Crippen LogP contribution is -2.17. The van der Waals surface area contributed by atoms with Gasteiger partial charge in [0.2, 0.25) is 0 Å². The maximum absolute atomic E-state index is 5.74. The molecule has 0 aromatic heterocycles. The summed E-state index contributed by atoms with van der Waals surface area (Å²) in [5, 5.41) is 0.778. The van der Waals surface area contributed by atoms with Crippen molar-refractivity contribution in [2.45, 2.75) is 17.9 Å². The fourth-order valence-electron chi connectivity index (χ4n) is 0.758. The maximum atomic E-state index is 5.74. The van der Waals surface area contributed by atoms with Crippen LogP contribution in [-0.4, -0.2) is 11.8 Å². The Morgan fingerprint density at radius 1 is 1.38 bits per heavy atom. The smallest absolute Gasteiger partial charge is 0.0406 e. The zero-order chi connectivity index (χ0) is 8.97. The van der Waals surface area contributed by atoms with Gasteiger partial charge in [-0.15, -0.1) is 24.2 Å². The summed E-state index contributed by atoms with van der Waals surface area (Å²) in [6.45, 7) is 2.00. The Kier molecular flexibility index (Phi) is 6.60. The minimum Gasteiger partial charge on any atom is -0.327 e. The summed E-state index contributed by atoms with van der Waals surface area (Å²) in [5.74, 6) is 0.946. The molecule has 0 aliphatic rings. The molecule has 0 amide bonds. The van der Waals surface area contributed by atoms with Gasteiger partial charge in [-0.1, -0.05) is 11.6 Å². The van der Waals surface area contributed by atoms with E-state index in [-0.39, 0.29) is 18.4 Å². The number of thioether (sulfide) groups is 1. The first-order valence-electron chi connectivity index (χ1n) is 3.82. The average molecular weight is 238 g/mol. The first-order chi connectivity index (χ1) is 5.68. The van der Waals surface area contributed by atoms with Crippen LogP contribution in [0.5, 0.6) is 0 Å². The van der Waals surface area contributed by atoms with Crippen molar-refractivity contribution in [1.29, 1.82) is 0 Å². The Morgan fingerprint density at radius 3 is 2.38 bits per heavy atom. The van der Waals surface area contributed by atoms with E-state index < -0.39 is 0 Å². The lowest BCUT2D eigenvalue weighted by Gasteiger charge is -2.03. The quantitative estimate of drug-likeness (QED) is 0.818. The van der Waals surface area contributed by atoms with Gasteiger partial charge in [0, 0.05) is 21.7 Å². The lowest BCUT2D eigenvalue weighted by atomic mass is 10.4. The van der Waals surface area contributed by atoms with E-state index in [2.05, 4.69) is 0 Å². The van der Waals surface area contributed by atoms with Crippen molar-refractivity contribution in [1.82, 2.24) is 0 Å². The summed E-state index contributed by atoms with van der Waals surface area (Å²) in [4.78, 5) is 1.22. The first kappa shape index (κ1) is 13.1. The molecule has 1 nitrogen and oxygen atoms in total. The molecular formula is C9H13Cl2NS. The van der Waals surface area contributed by atoms with Gasteiger partial charge in [0.1, 0.15) is 0 Å². The van der Waals surface area contributed by atoms with Crippen LogP contribution in [0.15, 0.2) is 29.2 Å². The third kappa shape index (κ3) is 5.42. The molecule has 0 aliphatic heterocycles. The molecule has 0 heterocycles. The second-order valence-corrected chi connectivity index (χ2v) is 4.27. The molecule has 1 rings (SSSR count). The fraction of sp³-hybridized carbons (Fsp3) is 0.333. The molecule has 0 bridgehead atoms. The number of rotatable bonds is 3. The topological polar surface area (TPSA) is 26.0 Å². The van der Waals surface area contributed by atoms with Gasteiger partial charge >= 0.3 is 0 Å². The molecule has 0 aliphatic carbocycles. The predicted octanol–water partition coefficient (Wildman–Crippen LogP) is 3.20. The van der Waals surface area contributed by atoms with Gasteiger partial charge in [0.15, 0.2) is 0 Å². The summed E-state index contributed by atoms with van der Waals surface area (Å²) < 4.78 is 0. The minimum atomic E-state index is 0. The third-order valence-electron chi connectivity index (χ3n) is 1.33. The zero-order valence-corrected chi connectivity index (χ0v) is 9.75. The van der Waals surface area contributed by atoms with Crippen LogP contribution in [0.25, 0.3) is 0 Å². The average Bonchev–Trinajstić information content (AvgIpc) is 2.03. The third-order valence-corrected chi connectivity index (χ3v) is 2.88. The van der Waals surface area contributed by atoms with Gasteiger partial charge in [0.05, 0.1) is 0 Å². The molecule has 74 valence electrons. The highest BCUT2D eigenvalue weighted by atomic mass is 35.5. The van der Waals surface area contributed by atoms with Crippen molar-refractivity contribution >= 4 is 35.8 Å². The summed E-state index contributed by atoms with van der Waals surface area (Å²) in [5.41, 5.74) is 5.62. The molecule has 1 aromatic rings. The lowest BCUT2D eigenvalue weighted by molar-refractivity contribution is 0.847. The van der Waals surface area contributed by atoms with E-state index in [0.29, 0.717) is 0 Å². The van der Waals surface area contributed by atoms with Crippen LogP contribution >= 0.6 is 35.8 Å². The highest BCUT2D eigenvalue weighted by molar-refractivity contribution is 7.99. The molecule has 0 saturated carbocycles. The fourth-order valence-corrected chi connectivity index (χ4v) is 1.67. The molecular weight excluding hydrogens is 225 g/mol. The number of benzene rings is 1. The highest BCUT2D eigenvalue weighted by Gasteiger charge is 1.96. The predicted molar refractivity (Wildman–Crippen MR) is 63.1 cm³/mol. The van der Waals surface area contributed by atoms with Crippen LogP contribution in [-0.2, 0) is 0 Å². The number of halogens is 2.